The maximum absolute atomic E-state index is 12.4. The van der Waals surface area contributed by atoms with Crippen LogP contribution in [0.25, 0.3) is 10.9 Å². The van der Waals surface area contributed by atoms with Gasteiger partial charge < -0.3 is 19.7 Å². The number of aromatic carboxylic acids is 1. The van der Waals surface area contributed by atoms with E-state index < -0.39 is 5.97 Å². The van der Waals surface area contributed by atoms with Crippen LogP contribution in [0.2, 0.25) is 0 Å². The number of hydrogen-bond donors (Lipinski definition) is 2. The van der Waals surface area contributed by atoms with E-state index in [9.17, 15) is 9.90 Å². The quantitative estimate of drug-likeness (QED) is 0.354. The number of rotatable bonds is 9. The zero-order chi connectivity index (χ0) is 23.4. The van der Waals surface area contributed by atoms with Crippen molar-refractivity contribution >= 4 is 16.9 Å². The molecule has 1 aromatic heterocycles. The van der Waals surface area contributed by atoms with Crippen molar-refractivity contribution in [2.45, 2.75) is 32.9 Å². The number of benzene rings is 3. The van der Waals surface area contributed by atoms with Gasteiger partial charge in [-0.3, -0.25) is 0 Å². The molecule has 0 fully saturated rings. The molecular weight excluding hydrogens is 412 g/mol. The molecule has 4 aromatic rings. The minimum atomic E-state index is -0.912. The molecule has 0 aliphatic heterocycles. The number of hydrogen-bond acceptors (Lipinski definition) is 3. The number of nitrogens with one attached hydrogen (secondary N) is 1. The van der Waals surface area contributed by atoms with Crippen molar-refractivity contribution in [3.63, 3.8) is 0 Å². The first-order valence-electron chi connectivity index (χ1n) is 11.2. The molecule has 0 spiro atoms. The van der Waals surface area contributed by atoms with Crippen LogP contribution in [-0.2, 0) is 13.1 Å². The molecule has 0 unspecified atom stereocenters. The summed E-state index contributed by atoms with van der Waals surface area (Å²) >= 11 is 0. The minimum Gasteiger partial charge on any atom is -0.497 e. The Morgan fingerprint density at radius 3 is 2.45 bits per heavy atom. The molecule has 0 saturated carbocycles. The van der Waals surface area contributed by atoms with Gasteiger partial charge in [0, 0.05) is 36.1 Å². The Kier molecular flexibility index (Phi) is 6.80. The van der Waals surface area contributed by atoms with E-state index in [-0.39, 0.29) is 0 Å². The lowest BCUT2D eigenvalue weighted by atomic mass is 10.0. The van der Waals surface area contributed by atoms with Crippen molar-refractivity contribution in [3.05, 3.63) is 101 Å². The number of fused-ring (bicyclic) bond motifs is 1. The number of methoxy groups -OCH3 is 1. The number of nitrogens with zero attached hydrogens (tertiary/aromatic N) is 1. The summed E-state index contributed by atoms with van der Waals surface area (Å²) in [6.07, 6.45) is 0. The van der Waals surface area contributed by atoms with E-state index in [1.54, 1.807) is 7.11 Å². The van der Waals surface area contributed by atoms with Gasteiger partial charge in [0.25, 0.3) is 0 Å². The molecule has 3 aromatic carbocycles. The van der Waals surface area contributed by atoms with Gasteiger partial charge in [-0.25, -0.2) is 4.79 Å². The summed E-state index contributed by atoms with van der Waals surface area (Å²) < 4.78 is 7.18. The number of aryl methyl sites for hydroxylation is 1. The molecule has 0 amide bonds. The number of aromatic nitrogens is 1. The summed E-state index contributed by atoms with van der Waals surface area (Å²) in [5.41, 5.74) is 5.49. The Balaban J connectivity index is 1.66. The van der Waals surface area contributed by atoms with Crippen molar-refractivity contribution in [3.8, 4) is 5.75 Å². The Bertz CT molecular complexity index is 1240. The van der Waals surface area contributed by atoms with Gasteiger partial charge in [-0.05, 0) is 47.7 Å². The van der Waals surface area contributed by atoms with Crippen LogP contribution in [0.4, 0.5) is 0 Å². The van der Waals surface area contributed by atoms with E-state index in [4.69, 9.17) is 4.74 Å². The van der Waals surface area contributed by atoms with Crippen molar-refractivity contribution in [2.75, 3.05) is 13.7 Å². The van der Waals surface area contributed by atoms with Gasteiger partial charge in [-0.15, -0.1) is 0 Å². The molecule has 0 aliphatic rings. The molecule has 0 bridgehead atoms. The Hall–Kier alpha value is -3.57. The van der Waals surface area contributed by atoms with Crippen LogP contribution in [0.3, 0.4) is 0 Å². The average Bonchev–Trinajstić information content (AvgIpc) is 3.12. The third-order valence-corrected chi connectivity index (χ3v) is 6.15. The van der Waals surface area contributed by atoms with Crippen LogP contribution in [0.5, 0.6) is 5.75 Å². The zero-order valence-corrected chi connectivity index (χ0v) is 19.3. The van der Waals surface area contributed by atoms with Crippen molar-refractivity contribution in [1.82, 2.24) is 9.88 Å². The second-order valence-corrected chi connectivity index (χ2v) is 8.53. The number of carboxylic acid groups (broad SMARTS) is 1. The molecule has 1 atom stereocenters. The molecule has 0 radical (unpaired) electrons. The molecule has 0 saturated heterocycles. The van der Waals surface area contributed by atoms with E-state index in [2.05, 4.69) is 30.4 Å². The van der Waals surface area contributed by atoms with Gasteiger partial charge in [0.05, 0.1) is 7.11 Å². The molecule has 5 heteroatoms. The van der Waals surface area contributed by atoms with Gasteiger partial charge in [0.15, 0.2) is 0 Å². The lowest BCUT2D eigenvalue weighted by Gasteiger charge is -2.14. The first kappa shape index (κ1) is 22.6. The lowest BCUT2D eigenvalue weighted by molar-refractivity contribution is 0.0684. The molecule has 0 aliphatic carbocycles. The van der Waals surface area contributed by atoms with Crippen LogP contribution in [0, 0.1) is 6.92 Å². The van der Waals surface area contributed by atoms with Crippen molar-refractivity contribution in [1.29, 1.82) is 0 Å². The first-order chi connectivity index (χ1) is 16.0. The summed E-state index contributed by atoms with van der Waals surface area (Å²) in [5, 5.41) is 14.7. The SMILES string of the molecule is COc1ccc(Cn2c(C(=O)O)c(CNC[C@H](C)c3ccccc3)c3ccc(C)cc32)cc1. The molecule has 33 heavy (non-hydrogen) atoms. The highest BCUT2D eigenvalue weighted by atomic mass is 16.5. The molecule has 170 valence electrons. The van der Waals surface area contributed by atoms with E-state index in [1.807, 2.05) is 66.1 Å². The van der Waals surface area contributed by atoms with Crippen molar-refractivity contribution < 1.29 is 14.6 Å². The van der Waals surface area contributed by atoms with Gasteiger partial charge in [0.2, 0.25) is 0 Å². The summed E-state index contributed by atoms with van der Waals surface area (Å²) in [7, 11) is 1.64. The normalized spacial score (nSPS) is 12.1. The van der Waals surface area contributed by atoms with E-state index >= 15 is 0 Å². The summed E-state index contributed by atoms with van der Waals surface area (Å²) in [6.45, 7) is 5.95. The monoisotopic (exact) mass is 442 g/mol. The maximum Gasteiger partial charge on any atom is 0.352 e. The third-order valence-electron chi connectivity index (χ3n) is 6.15. The molecular formula is C28H30N2O3. The van der Waals surface area contributed by atoms with E-state index in [0.717, 1.165) is 39.9 Å². The summed E-state index contributed by atoms with van der Waals surface area (Å²) in [5.74, 6) is 0.197. The Labute approximate surface area is 194 Å². The van der Waals surface area contributed by atoms with Gasteiger partial charge in [-0.2, -0.15) is 0 Å². The highest BCUT2D eigenvalue weighted by Crippen LogP contribution is 2.29. The first-order valence-corrected chi connectivity index (χ1v) is 11.2. The topological polar surface area (TPSA) is 63.5 Å². The third kappa shape index (κ3) is 4.94. The predicted molar refractivity (Wildman–Crippen MR) is 132 cm³/mol. The fourth-order valence-electron chi connectivity index (χ4n) is 4.35. The van der Waals surface area contributed by atoms with Crippen LogP contribution in [0.1, 0.15) is 45.6 Å². The van der Waals surface area contributed by atoms with Crippen LogP contribution in [-0.4, -0.2) is 29.3 Å². The van der Waals surface area contributed by atoms with Crippen LogP contribution in [0.15, 0.2) is 72.8 Å². The highest BCUT2D eigenvalue weighted by molar-refractivity contribution is 5.98. The fraction of sp³-hybridized carbons (Fsp3) is 0.250. The second kappa shape index (κ2) is 9.92. The Morgan fingerprint density at radius 2 is 1.79 bits per heavy atom. The lowest BCUT2D eigenvalue weighted by Crippen LogP contribution is -2.21. The minimum absolute atomic E-state index is 0.328. The summed E-state index contributed by atoms with van der Waals surface area (Å²) in [4.78, 5) is 12.4. The average molecular weight is 443 g/mol. The number of carboxylic acids is 1. The largest absolute Gasteiger partial charge is 0.497 e. The van der Waals surface area contributed by atoms with Crippen LogP contribution < -0.4 is 10.1 Å². The van der Waals surface area contributed by atoms with Gasteiger partial charge >= 0.3 is 5.97 Å². The standard InChI is InChI=1S/C28H30N2O3/c1-19-9-14-24-25(17-29-16-20(2)22-7-5-4-6-8-22)27(28(31)32)30(26(24)15-19)18-21-10-12-23(33-3)13-11-21/h4-15,20,29H,16-18H2,1-3H3,(H,31,32)/t20-/m0/s1. The highest BCUT2D eigenvalue weighted by Gasteiger charge is 2.22. The predicted octanol–water partition coefficient (Wildman–Crippen LogP) is 5.60. The molecule has 2 N–H and O–H groups in total. The van der Waals surface area contributed by atoms with Crippen LogP contribution >= 0.6 is 0 Å². The zero-order valence-electron chi connectivity index (χ0n) is 19.3. The van der Waals surface area contributed by atoms with E-state index in [1.165, 1.54) is 5.56 Å². The fourth-order valence-corrected chi connectivity index (χ4v) is 4.35. The smallest absolute Gasteiger partial charge is 0.352 e. The van der Waals surface area contributed by atoms with Gasteiger partial charge in [-0.1, -0.05) is 61.5 Å². The number of ether oxygens (including phenoxy) is 1. The maximum atomic E-state index is 12.4. The van der Waals surface area contributed by atoms with Gasteiger partial charge in [0.1, 0.15) is 11.4 Å². The Morgan fingerprint density at radius 1 is 1.06 bits per heavy atom. The molecule has 1 heterocycles. The van der Waals surface area contributed by atoms with Crippen molar-refractivity contribution in [2.24, 2.45) is 0 Å². The summed E-state index contributed by atoms with van der Waals surface area (Å²) in [6, 6.07) is 24.3. The molecule has 4 rings (SSSR count). The molecule has 5 nitrogen and oxygen atoms in total. The second-order valence-electron chi connectivity index (χ2n) is 8.53. The van der Waals surface area contributed by atoms with E-state index in [0.29, 0.717) is 24.7 Å². The number of carbonyl (C=O) groups is 1.